The lowest BCUT2D eigenvalue weighted by Crippen LogP contribution is -2.54. The Hall–Kier alpha value is -2.26. The van der Waals surface area contributed by atoms with Gasteiger partial charge in [0.2, 0.25) is 11.8 Å². The smallest absolute Gasteiger partial charge is 0.262 e. The maximum absolute atomic E-state index is 12.6. The Labute approximate surface area is 146 Å². The maximum atomic E-state index is 12.6. The van der Waals surface area contributed by atoms with Crippen molar-refractivity contribution >= 4 is 45.5 Å². The fraction of sp³-hybridized carbons (Fsp3) is 0.333. The highest BCUT2D eigenvalue weighted by molar-refractivity contribution is 9.07. The van der Waals surface area contributed by atoms with E-state index in [-0.39, 0.29) is 24.0 Å². The van der Waals surface area contributed by atoms with E-state index in [2.05, 4.69) is 26.8 Å². The molecule has 1 aromatic rings. The molecule has 0 saturated carbocycles. The number of halogens is 1. The number of anilines is 1. The number of nitrogens with one attached hydrogen (secondary N) is 2. The molecule has 0 bridgehead atoms. The van der Waals surface area contributed by atoms with Crippen molar-refractivity contribution < 1.29 is 19.2 Å². The molecule has 0 radical (unpaired) electrons. The van der Waals surface area contributed by atoms with Gasteiger partial charge in [0.05, 0.1) is 17.8 Å². The fourth-order valence-electron chi connectivity index (χ4n) is 2.78. The van der Waals surface area contributed by atoms with Crippen LogP contribution in [0.15, 0.2) is 18.2 Å². The van der Waals surface area contributed by atoms with Gasteiger partial charge in [-0.3, -0.25) is 29.4 Å². The molecule has 0 spiro atoms. The summed E-state index contributed by atoms with van der Waals surface area (Å²) in [6.07, 6.45) is 0.254. The van der Waals surface area contributed by atoms with E-state index in [0.717, 1.165) is 4.90 Å². The first-order chi connectivity index (χ1) is 11.4. The van der Waals surface area contributed by atoms with Crippen LogP contribution < -0.4 is 10.6 Å². The molecule has 1 atom stereocenters. The van der Waals surface area contributed by atoms with Crippen LogP contribution >= 0.6 is 16.1 Å². The van der Waals surface area contributed by atoms with Crippen LogP contribution in [0.25, 0.3) is 0 Å². The normalized spacial score (nSPS) is 20.5. The highest BCUT2D eigenvalue weighted by atomic mass is 79.9. The Kier molecular flexibility index (Phi) is 4.37. The van der Waals surface area contributed by atoms with Crippen molar-refractivity contribution in [1.82, 2.24) is 14.1 Å². The molecular formula is C15H15BrN4O4. The molecule has 1 saturated heterocycles. The van der Waals surface area contributed by atoms with Crippen molar-refractivity contribution in [3.63, 3.8) is 0 Å². The van der Waals surface area contributed by atoms with Crippen molar-refractivity contribution in [2.45, 2.75) is 18.9 Å². The highest BCUT2D eigenvalue weighted by Crippen LogP contribution is 2.29. The minimum atomic E-state index is -0.944. The second kappa shape index (κ2) is 6.33. The molecule has 0 aliphatic carbocycles. The molecule has 8 nitrogen and oxygen atoms in total. The second-order valence-electron chi connectivity index (χ2n) is 5.65. The summed E-state index contributed by atoms with van der Waals surface area (Å²) in [6, 6.07) is 3.92. The molecule has 2 aliphatic heterocycles. The number of imide groups is 2. The standard InChI is InChI=1S/C15H15BrN4O4/c1-19(16)7-17-8-2-3-9-10(6-8)15(24)20(14(9)23)11-4-5-12(21)18-13(11)22/h2-3,6,11,17H,4-5,7H2,1H3,(H,18,21,22). The van der Waals surface area contributed by atoms with Crippen LogP contribution in [0.3, 0.4) is 0 Å². The van der Waals surface area contributed by atoms with E-state index >= 15 is 0 Å². The highest BCUT2D eigenvalue weighted by Gasteiger charge is 2.44. The van der Waals surface area contributed by atoms with E-state index in [1.54, 1.807) is 22.1 Å². The van der Waals surface area contributed by atoms with E-state index < -0.39 is 29.7 Å². The van der Waals surface area contributed by atoms with Crippen LogP contribution in [-0.2, 0) is 9.59 Å². The van der Waals surface area contributed by atoms with E-state index in [1.165, 1.54) is 0 Å². The average molecular weight is 395 g/mol. The summed E-state index contributed by atoms with van der Waals surface area (Å²) in [5.74, 6) is -2.02. The summed E-state index contributed by atoms with van der Waals surface area (Å²) in [5.41, 5.74) is 1.21. The zero-order chi connectivity index (χ0) is 17.4. The number of carbonyl (C=O) groups excluding carboxylic acids is 4. The number of hydrogen-bond acceptors (Lipinski definition) is 6. The van der Waals surface area contributed by atoms with Gasteiger partial charge in [-0.15, -0.1) is 0 Å². The number of piperidine rings is 1. The maximum Gasteiger partial charge on any atom is 0.262 e. The van der Waals surface area contributed by atoms with Crippen molar-refractivity contribution in [3.8, 4) is 0 Å². The molecule has 2 heterocycles. The summed E-state index contributed by atoms with van der Waals surface area (Å²) in [6.45, 7) is 0.498. The monoisotopic (exact) mass is 394 g/mol. The summed E-state index contributed by atoms with van der Waals surface area (Å²) in [5, 5.41) is 5.26. The van der Waals surface area contributed by atoms with Crippen LogP contribution in [0.4, 0.5) is 5.69 Å². The molecule has 2 aliphatic rings. The van der Waals surface area contributed by atoms with E-state index in [1.807, 2.05) is 7.05 Å². The van der Waals surface area contributed by atoms with E-state index in [0.29, 0.717) is 12.4 Å². The second-order valence-corrected chi connectivity index (χ2v) is 6.86. The SMILES string of the molecule is CN(Br)CNc1ccc2c(c1)C(=O)N(C1CCC(=O)NC1=O)C2=O. The summed E-state index contributed by atoms with van der Waals surface area (Å²) in [4.78, 5) is 49.3. The zero-order valence-corrected chi connectivity index (χ0v) is 14.4. The average Bonchev–Trinajstić information content (AvgIpc) is 2.77. The van der Waals surface area contributed by atoms with Gasteiger partial charge in [-0.1, -0.05) is 0 Å². The van der Waals surface area contributed by atoms with Crippen molar-refractivity contribution in [2.24, 2.45) is 0 Å². The lowest BCUT2D eigenvalue weighted by atomic mass is 10.0. The minimum absolute atomic E-state index is 0.105. The predicted octanol–water partition coefficient (Wildman–Crippen LogP) is 0.699. The first-order valence-corrected chi connectivity index (χ1v) is 8.06. The number of carbonyl (C=O) groups is 4. The quantitative estimate of drug-likeness (QED) is 0.443. The predicted molar refractivity (Wildman–Crippen MR) is 88.3 cm³/mol. The molecule has 2 N–H and O–H groups in total. The Morgan fingerprint density at radius 1 is 1.25 bits per heavy atom. The summed E-state index contributed by atoms with van der Waals surface area (Å²) in [7, 11) is 1.82. The summed E-state index contributed by atoms with van der Waals surface area (Å²) < 4.78 is 1.74. The van der Waals surface area contributed by atoms with Gasteiger partial charge < -0.3 is 5.32 Å². The number of benzene rings is 1. The molecule has 1 unspecified atom stereocenters. The third kappa shape index (κ3) is 2.92. The molecule has 3 rings (SSSR count). The Morgan fingerprint density at radius 3 is 2.62 bits per heavy atom. The molecule has 24 heavy (non-hydrogen) atoms. The fourth-order valence-corrected chi connectivity index (χ4v) is 2.91. The first kappa shape index (κ1) is 16.6. The number of rotatable bonds is 4. The Morgan fingerprint density at radius 2 is 1.96 bits per heavy atom. The molecule has 1 aromatic carbocycles. The molecule has 0 aromatic heterocycles. The number of nitrogens with zero attached hydrogens (tertiary/aromatic N) is 2. The van der Waals surface area contributed by atoms with Crippen molar-refractivity contribution in [3.05, 3.63) is 29.3 Å². The number of hydrogen-bond donors (Lipinski definition) is 2. The Bertz CT molecular complexity index is 749. The van der Waals surface area contributed by atoms with Crippen LogP contribution in [0.1, 0.15) is 33.6 Å². The molecule has 4 amide bonds. The number of fused-ring (bicyclic) bond motifs is 1. The largest absolute Gasteiger partial charge is 0.372 e. The Balaban J connectivity index is 1.85. The topological polar surface area (TPSA) is 98.8 Å². The van der Waals surface area contributed by atoms with Crippen LogP contribution in [0, 0.1) is 0 Å². The van der Waals surface area contributed by atoms with Crippen LogP contribution in [0.2, 0.25) is 0 Å². The molecular weight excluding hydrogens is 380 g/mol. The minimum Gasteiger partial charge on any atom is -0.372 e. The molecule has 9 heteroatoms. The van der Waals surface area contributed by atoms with Gasteiger partial charge in [0.15, 0.2) is 0 Å². The van der Waals surface area contributed by atoms with E-state index in [4.69, 9.17) is 0 Å². The van der Waals surface area contributed by atoms with Crippen molar-refractivity contribution in [1.29, 1.82) is 0 Å². The zero-order valence-electron chi connectivity index (χ0n) is 12.8. The lowest BCUT2D eigenvalue weighted by Gasteiger charge is -2.27. The van der Waals surface area contributed by atoms with Gasteiger partial charge in [-0.25, -0.2) is 3.93 Å². The van der Waals surface area contributed by atoms with Crippen LogP contribution in [0.5, 0.6) is 0 Å². The lowest BCUT2D eigenvalue weighted by molar-refractivity contribution is -0.136. The first-order valence-electron chi connectivity index (χ1n) is 7.35. The third-order valence-corrected chi connectivity index (χ3v) is 4.19. The van der Waals surface area contributed by atoms with Gasteiger partial charge >= 0.3 is 0 Å². The van der Waals surface area contributed by atoms with Gasteiger partial charge in [-0.05, 0) is 31.7 Å². The van der Waals surface area contributed by atoms with Gasteiger partial charge in [0.25, 0.3) is 11.8 Å². The van der Waals surface area contributed by atoms with Crippen molar-refractivity contribution in [2.75, 3.05) is 19.0 Å². The molecule has 126 valence electrons. The third-order valence-electron chi connectivity index (χ3n) is 3.94. The van der Waals surface area contributed by atoms with Crippen LogP contribution in [-0.4, -0.2) is 52.2 Å². The van der Waals surface area contributed by atoms with E-state index in [9.17, 15) is 19.2 Å². The number of amides is 4. The van der Waals surface area contributed by atoms with Gasteiger partial charge in [0, 0.05) is 28.3 Å². The van der Waals surface area contributed by atoms with Gasteiger partial charge in [0.1, 0.15) is 6.04 Å². The summed E-state index contributed by atoms with van der Waals surface area (Å²) >= 11 is 3.26. The molecule has 1 fully saturated rings. The van der Waals surface area contributed by atoms with Gasteiger partial charge in [-0.2, -0.15) is 0 Å².